The maximum absolute atomic E-state index is 13.3. The Balaban J connectivity index is 1.45. The van der Waals surface area contributed by atoms with Crippen molar-refractivity contribution in [2.45, 2.75) is 64.5 Å². The molecule has 6 nitrogen and oxygen atoms in total. The van der Waals surface area contributed by atoms with E-state index in [-0.39, 0.29) is 11.3 Å². The van der Waals surface area contributed by atoms with Gasteiger partial charge in [0.05, 0.1) is 29.4 Å². The third-order valence-corrected chi connectivity index (χ3v) is 8.35. The van der Waals surface area contributed by atoms with E-state index in [0.29, 0.717) is 25.3 Å². The zero-order chi connectivity index (χ0) is 20.1. The maximum Gasteiger partial charge on any atom is 0.233 e. The van der Waals surface area contributed by atoms with E-state index in [1.165, 1.54) is 31.6 Å². The summed E-state index contributed by atoms with van der Waals surface area (Å²) in [6.07, 6.45) is 6.44. The van der Waals surface area contributed by atoms with Crippen LogP contribution in [-0.4, -0.2) is 62.4 Å². The molecule has 0 aliphatic carbocycles. The first kappa shape index (κ1) is 19.5. The molecular weight excluding hydrogens is 364 g/mol. The number of pyridine rings is 1. The Morgan fingerprint density at radius 1 is 1.24 bits per heavy atom. The summed E-state index contributed by atoms with van der Waals surface area (Å²) >= 11 is 0. The van der Waals surface area contributed by atoms with E-state index < -0.39 is 0 Å². The fraction of sp³-hybridized carbons (Fsp3) is 0.739. The molecule has 158 valence electrons. The number of amides is 1. The van der Waals surface area contributed by atoms with Gasteiger partial charge in [-0.2, -0.15) is 4.98 Å². The smallest absolute Gasteiger partial charge is 0.233 e. The van der Waals surface area contributed by atoms with Crippen molar-refractivity contribution in [1.82, 2.24) is 14.8 Å². The minimum atomic E-state index is -0.198. The molecule has 1 aromatic heterocycles. The Morgan fingerprint density at radius 3 is 2.72 bits per heavy atom. The number of hydrogen-bond acceptors (Lipinski definition) is 4. The quantitative estimate of drug-likeness (QED) is 0.794. The van der Waals surface area contributed by atoms with Crippen LogP contribution in [-0.2, 0) is 9.53 Å². The molecule has 6 heteroatoms. The Kier molecular flexibility index (Phi) is 4.92. The second-order valence-electron chi connectivity index (χ2n) is 9.67. The van der Waals surface area contributed by atoms with Gasteiger partial charge in [0, 0.05) is 58.2 Å². The number of carbonyl (C=O) groups excluding carboxylic acids is 1. The summed E-state index contributed by atoms with van der Waals surface area (Å²) in [5, 5.41) is 3.57. The number of aryl methyl sites for hydroxylation is 1. The molecule has 0 bridgehead atoms. The maximum atomic E-state index is 13.3. The molecule has 4 fully saturated rings. The van der Waals surface area contributed by atoms with Gasteiger partial charge in [0.25, 0.3) is 0 Å². The molecular formula is C23H35N4O2+. The van der Waals surface area contributed by atoms with E-state index in [1.54, 1.807) is 0 Å². The molecule has 4 aliphatic rings. The van der Waals surface area contributed by atoms with Gasteiger partial charge in [-0.15, -0.1) is 0 Å². The molecule has 0 saturated carbocycles. The van der Waals surface area contributed by atoms with Gasteiger partial charge in [0.1, 0.15) is 6.04 Å². The van der Waals surface area contributed by atoms with Gasteiger partial charge in [-0.25, -0.2) is 0 Å². The molecule has 1 N–H and O–H groups in total. The highest BCUT2D eigenvalue weighted by molar-refractivity contribution is 6.00. The first-order valence-corrected chi connectivity index (χ1v) is 11.5. The van der Waals surface area contributed by atoms with Crippen LogP contribution in [0.15, 0.2) is 12.1 Å². The van der Waals surface area contributed by atoms with Gasteiger partial charge in [0.2, 0.25) is 11.7 Å². The number of ether oxygens (including phenoxy) is 1. The molecule has 29 heavy (non-hydrogen) atoms. The van der Waals surface area contributed by atoms with Gasteiger partial charge in [-0.1, -0.05) is 0 Å². The SMILES string of the molecule is Cc1nc([N+]2([C@H]3CCNC3)CCC[C@@H]2C)ccc1N1CCC2(CCOCC2)C1=O. The van der Waals surface area contributed by atoms with Crippen molar-refractivity contribution < 1.29 is 9.53 Å². The monoisotopic (exact) mass is 399 g/mol. The molecule has 5 rings (SSSR count). The molecule has 1 amide bonds. The van der Waals surface area contributed by atoms with Gasteiger partial charge in [-0.3, -0.25) is 9.28 Å². The predicted molar refractivity (Wildman–Crippen MR) is 115 cm³/mol. The van der Waals surface area contributed by atoms with E-state index in [0.717, 1.165) is 54.8 Å². The van der Waals surface area contributed by atoms with Crippen molar-refractivity contribution in [3.8, 4) is 0 Å². The van der Waals surface area contributed by atoms with Crippen LogP contribution in [0.2, 0.25) is 0 Å². The molecule has 1 aromatic rings. The van der Waals surface area contributed by atoms with Crippen LogP contribution in [0, 0.1) is 12.3 Å². The normalized spacial score (nSPS) is 34.4. The van der Waals surface area contributed by atoms with Gasteiger partial charge in [-0.05, 0) is 39.2 Å². The molecule has 4 aliphatic heterocycles. The van der Waals surface area contributed by atoms with E-state index in [2.05, 4.69) is 31.3 Å². The minimum Gasteiger partial charge on any atom is -0.381 e. The first-order chi connectivity index (χ1) is 14.1. The topological polar surface area (TPSA) is 54.5 Å². The second-order valence-corrected chi connectivity index (χ2v) is 9.67. The number of hydrogen-bond donors (Lipinski definition) is 1. The third kappa shape index (κ3) is 2.94. The number of nitrogens with one attached hydrogen (secondary N) is 1. The highest BCUT2D eigenvalue weighted by atomic mass is 16.5. The van der Waals surface area contributed by atoms with Gasteiger partial charge in [0.15, 0.2) is 0 Å². The van der Waals surface area contributed by atoms with Crippen LogP contribution in [0.25, 0.3) is 0 Å². The number of likely N-dealkylation sites (tertiary alicyclic amines) is 1. The van der Waals surface area contributed by atoms with Crippen LogP contribution in [0.1, 0.15) is 51.1 Å². The Morgan fingerprint density at radius 2 is 2.07 bits per heavy atom. The number of quaternary nitrogens is 1. The van der Waals surface area contributed by atoms with Crippen LogP contribution < -0.4 is 14.7 Å². The lowest BCUT2D eigenvalue weighted by Gasteiger charge is -2.42. The lowest BCUT2D eigenvalue weighted by Crippen LogP contribution is -2.60. The number of rotatable bonds is 3. The predicted octanol–water partition coefficient (Wildman–Crippen LogP) is 2.78. The Bertz CT molecular complexity index is 785. The minimum absolute atomic E-state index is 0.198. The van der Waals surface area contributed by atoms with Crippen molar-refractivity contribution in [2.24, 2.45) is 5.41 Å². The van der Waals surface area contributed by atoms with Crippen molar-refractivity contribution >= 4 is 17.4 Å². The molecule has 1 spiro atoms. The van der Waals surface area contributed by atoms with Crippen LogP contribution in [0.4, 0.5) is 11.5 Å². The highest BCUT2D eigenvalue weighted by Gasteiger charge is 2.50. The zero-order valence-electron chi connectivity index (χ0n) is 18.0. The molecule has 1 unspecified atom stereocenters. The highest BCUT2D eigenvalue weighted by Crippen LogP contribution is 2.44. The van der Waals surface area contributed by atoms with Crippen molar-refractivity contribution in [2.75, 3.05) is 44.3 Å². The largest absolute Gasteiger partial charge is 0.381 e. The fourth-order valence-corrected chi connectivity index (χ4v) is 6.54. The average Bonchev–Trinajstić information content (AvgIpc) is 3.45. The summed E-state index contributed by atoms with van der Waals surface area (Å²) in [6, 6.07) is 5.63. The number of nitrogens with zero attached hydrogens (tertiary/aromatic N) is 3. The third-order valence-electron chi connectivity index (χ3n) is 8.35. The van der Waals surface area contributed by atoms with Crippen molar-refractivity contribution in [1.29, 1.82) is 0 Å². The number of aromatic nitrogens is 1. The average molecular weight is 400 g/mol. The lowest BCUT2D eigenvalue weighted by molar-refractivity contribution is -0.130. The van der Waals surface area contributed by atoms with Crippen molar-refractivity contribution in [3.05, 3.63) is 17.8 Å². The number of carbonyl (C=O) groups is 1. The fourth-order valence-electron chi connectivity index (χ4n) is 6.54. The van der Waals surface area contributed by atoms with E-state index >= 15 is 0 Å². The Hall–Kier alpha value is -1.50. The number of anilines is 1. The summed E-state index contributed by atoms with van der Waals surface area (Å²) in [5.74, 6) is 1.49. The van der Waals surface area contributed by atoms with Crippen LogP contribution in [0.5, 0.6) is 0 Å². The van der Waals surface area contributed by atoms with Crippen molar-refractivity contribution in [3.63, 3.8) is 0 Å². The lowest BCUT2D eigenvalue weighted by atomic mass is 9.79. The molecule has 0 aromatic carbocycles. The van der Waals surface area contributed by atoms with E-state index in [4.69, 9.17) is 9.72 Å². The molecule has 3 atom stereocenters. The summed E-state index contributed by atoms with van der Waals surface area (Å²) < 4.78 is 6.54. The Labute approximate surface area is 174 Å². The summed E-state index contributed by atoms with van der Waals surface area (Å²) in [7, 11) is 0. The molecule has 0 radical (unpaired) electrons. The summed E-state index contributed by atoms with van der Waals surface area (Å²) in [4.78, 5) is 20.5. The van der Waals surface area contributed by atoms with Crippen LogP contribution in [0.3, 0.4) is 0 Å². The standard InChI is InChI=1S/C23H35N4O2/c1-17-4-3-13-27(17,19-7-11-24-16-19)21-6-5-20(18(2)25-21)26-12-8-23(22(26)28)9-14-29-15-10-23/h5-6,17,19,24H,3-4,7-16H2,1-2H3/q+1/t17-,19-,27?/m0/s1. The van der Waals surface area contributed by atoms with E-state index in [1.807, 2.05) is 4.90 Å². The van der Waals surface area contributed by atoms with Gasteiger partial charge >= 0.3 is 0 Å². The molecule has 5 heterocycles. The summed E-state index contributed by atoms with van der Waals surface area (Å²) in [6.45, 7) is 10.1. The first-order valence-electron chi connectivity index (χ1n) is 11.5. The summed E-state index contributed by atoms with van der Waals surface area (Å²) in [5.41, 5.74) is 1.81. The van der Waals surface area contributed by atoms with Crippen LogP contribution >= 0.6 is 0 Å². The molecule has 4 saturated heterocycles. The second kappa shape index (κ2) is 7.33. The van der Waals surface area contributed by atoms with E-state index in [9.17, 15) is 4.79 Å². The zero-order valence-corrected chi connectivity index (χ0v) is 18.0. The van der Waals surface area contributed by atoms with Gasteiger partial charge < -0.3 is 15.0 Å².